The number of rotatable bonds is 7. The van der Waals surface area contributed by atoms with Crippen LogP contribution in [0.3, 0.4) is 0 Å². The predicted octanol–water partition coefficient (Wildman–Crippen LogP) is 4.55. The number of ether oxygens (including phenoxy) is 2. The Morgan fingerprint density at radius 3 is 2.78 bits per heavy atom. The second-order valence-electron chi connectivity index (χ2n) is 9.97. The zero-order valence-electron chi connectivity index (χ0n) is 22.3. The van der Waals surface area contributed by atoms with Crippen LogP contribution in [-0.4, -0.2) is 51.0 Å². The Bertz CT molecular complexity index is 1920. The summed E-state index contributed by atoms with van der Waals surface area (Å²) in [5.74, 6) is 1.88. The fraction of sp³-hybridized carbons (Fsp3) is 0.161. The van der Waals surface area contributed by atoms with E-state index in [9.17, 15) is 4.79 Å². The first-order chi connectivity index (χ1) is 20.1. The van der Waals surface area contributed by atoms with Crippen molar-refractivity contribution in [1.29, 1.82) is 0 Å². The van der Waals surface area contributed by atoms with Crippen LogP contribution < -0.4 is 25.2 Å². The molecule has 204 valence electrons. The summed E-state index contributed by atoms with van der Waals surface area (Å²) >= 11 is 0. The molecule has 1 aliphatic heterocycles. The quantitative estimate of drug-likeness (QED) is 0.301. The van der Waals surface area contributed by atoms with Gasteiger partial charge in [-0.15, -0.1) is 0 Å². The van der Waals surface area contributed by atoms with Crippen LogP contribution in [0.15, 0.2) is 96.1 Å². The lowest BCUT2D eigenvalue weighted by Gasteiger charge is -2.33. The zero-order chi connectivity index (χ0) is 27.8. The fourth-order valence-corrected chi connectivity index (χ4v) is 5.17. The highest BCUT2D eigenvalue weighted by molar-refractivity contribution is 6.02. The van der Waals surface area contributed by atoms with Gasteiger partial charge < -0.3 is 19.7 Å². The molecule has 6 aromatic rings. The van der Waals surface area contributed by atoms with Gasteiger partial charge in [0.15, 0.2) is 5.65 Å². The van der Waals surface area contributed by atoms with Crippen molar-refractivity contribution >= 4 is 33.6 Å². The Labute approximate surface area is 235 Å². The first-order valence-corrected chi connectivity index (χ1v) is 13.4. The molecule has 3 aromatic carbocycles. The molecular formula is C31H27N7O3. The number of aromatic amines is 1. The third-order valence-corrected chi connectivity index (χ3v) is 7.18. The molecule has 2 N–H and O–H groups in total. The van der Waals surface area contributed by atoms with Gasteiger partial charge in [-0.3, -0.25) is 14.5 Å². The minimum atomic E-state index is -0.236. The molecule has 0 aliphatic carbocycles. The second kappa shape index (κ2) is 10.3. The van der Waals surface area contributed by atoms with E-state index in [1.165, 1.54) is 6.20 Å². The first kappa shape index (κ1) is 24.6. The minimum absolute atomic E-state index is 0.107. The van der Waals surface area contributed by atoms with Crippen LogP contribution >= 0.6 is 0 Å². The van der Waals surface area contributed by atoms with Gasteiger partial charge in [0.1, 0.15) is 24.2 Å². The Morgan fingerprint density at radius 1 is 1.02 bits per heavy atom. The van der Waals surface area contributed by atoms with Gasteiger partial charge >= 0.3 is 0 Å². The summed E-state index contributed by atoms with van der Waals surface area (Å²) in [5.41, 5.74) is 3.57. The Balaban J connectivity index is 1.21. The van der Waals surface area contributed by atoms with Crippen LogP contribution in [0.1, 0.15) is 5.56 Å². The van der Waals surface area contributed by atoms with Gasteiger partial charge in [0.25, 0.3) is 5.56 Å². The SMILES string of the molecule is CN1CC(CNc2ncc3c4[nH]ncc4c(=O)n(-c4cccc(OCc5ccccc5)c4)c3n2)Oc2ccccc21. The van der Waals surface area contributed by atoms with Gasteiger partial charge in [-0.2, -0.15) is 10.1 Å². The van der Waals surface area contributed by atoms with Gasteiger partial charge in [0.05, 0.1) is 47.0 Å². The zero-order valence-corrected chi connectivity index (χ0v) is 22.3. The molecule has 0 saturated carbocycles. The molecule has 4 heterocycles. The Hall–Kier alpha value is -5.38. The number of anilines is 2. The van der Waals surface area contributed by atoms with Crippen LogP contribution in [0.25, 0.3) is 27.6 Å². The normalized spacial score (nSPS) is 14.6. The van der Waals surface area contributed by atoms with E-state index in [1.54, 1.807) is 10.8 Å². The third-order valence-electron chi connectivity index (χ3n) is 7.18. The molecule has 0 amide bonds. The monoisotopic (exact) mass is 545 g/mol. The number of likely N-dealkylation sites (N-methyl/N-ethyl adjacent to an activating group) is 1. The van der Waals surface area contributed by atoms with E-state index in [-0.39, 0.29) is 11.7 Å². The molecule has 1 unspecified atom stereocenters. The number of fused-ring (bicyclic) bond motifs is 4. The summed E-state index contributed by atoms with van der Waals surface area (Å²) in [5, 5.41) is 11.5. The molecule has 1 aliphatic rings. The van der Waals surface area contributed by atoms with Gasteiger partial charge in [-0.25, -0.2) is 4.98 Å². The third kappa shape index (κ3) is 4.69. The van der Waals surface area contributed by atoms with E-state index < -0.39 is 0 Å². The summed E-state index contributed by atoms with van der Waals surface area (Å²) in [6, 6.07) is 25.4. The van der Waals surface area contributed by atoms with Gasteiger partial charge in [0.2, 0.25) is 5.95 Å². The van der Waals surface area contributed by atoms with E-state index in [1.807, 2.05) is 85.9 Å². The number of nitrogens with one attached hydrogen (secondary N) is 2. The summed E-state index contributed by atoms with van der Waals surface area (Å²) < 4.78 is 13.8. The fourth-order valence-electron chi connectivity index (χ4n) is 5.17. The van der Waals surface area contributed by atoms with E-state index in [0.717, 1.165) is 17.0 Å². The van der Waals surface area contributed by atoms with Crippen molar-refractivity contribution in [2.75, 3.05) is 30.4 Å². The van der Waals surface area contributed by atoms with Crippen molar-refractivity contribution in [2.24, 2.45) is 0 Å². The van der Waals surface area contributed by atoms with E-state index in [0.29, 0.717) is 59.0 Å². The van der Waals surface area contributed by atoms with Crippen LogP contribution in [0, 0.1) is 0 Å². The number of nitrogens with zero attached hydrogens (tertiary/aromatic N) is 5. The van der Waals surface area contributed by atoms with Crippen molar-refractivity contribution in [1.82, 2.24) is 24.7 Å². The summed E-state index contributed by atoms with van der Waals surface area (Å²) in [6.07, 6.45) is 3.13. The standard InChI is InChI=1S/C31H27N7O3/c1-37-18-23(41-27-13-6-5-12-26(27)37)15-32-31-33-16-24-28-25(17-34-36-28)30(39)38(29(24)35-31)21-10-7-11-22(14-21)40-19-20-8-3-2-4-9-20/h2-14,16-17,23H,15,18-19H2,1H3,(H,34,36)(H,32,33,35). The highest BCUT2D eigenvalue weighted by atomic mass is 16.5. The Morgan fingerprint density at radius 2 is 1.88 bits per heavy atom. The van der Waals surface area contributed by atoms with E-state index in [4.69, 9.17) is 14.5 Å². The number of H-pyrrole nitrogens is 1. The largest absolute Gasteiger partial charge is 0.489 e. The van der Waals surface area contributed by atoms with E-state index >= 15 is 0 Å². The van der Waals surface area contributed by atoms with Crippen molar-refractivity contribution in [3.05, 3.63) is 107 Å². The number of hydrogen-bond acceptors (Lipinski definition) is 8. The van der Waals surface area contributed by atoms with Gasteiger partial charge in [-0.05, 0) is 29.8 Å². The highest BCUT2D eigenvalue weighted by Crippen LogP contribution is 2.32. The molecule has 3 aromatic heterocycles. The maximum Gasteiger partial charge on any atom is 0.267 e. The molecule has 0 fully saturated rings. The molecule has 10 heteroatoms. The molecule has 10 nitrogen and oxygen atoms in total. The average molecular weight is 546 g/mol. The smallest absolute Gasteiger partial charge is 0.267 e. The topological polar surface area (TPSA) is 110 Å². The number of para-hydroxylation sites is 2. The molecule has 0 saturated heterocycles. The maximum absolute atomic E-state index is 13.7. The predicted molar refractivity (Wildman–Crippen MR) is 158 cm³/mol. The summed E-state index contributed by atoms with van der Waals surface area (Å²) in [6.45, 7) is 1.62. The number of benzene rings is 3. The van der Waals surface area contributed by atoms with Crippen molar-refractivity contribution in [3.63, 3.8) is 0 Å². The molecular weight excluding hydrogens is 518 g/mol. The lowest BCUT2D eigenvalue weighted by atomic mass is 10.2. The van der Waals surface area contributed by atoms with Gasteiger partial charge in [-0.1, -0.05) is 48.5 Å². The highest BCUT2D eigenvalue weighted by Gasteiger charge is 2.23. The second-order valence-corrected chi connectivity index (χ2v) is 9.97. The van der Waals surface area contributed by atoms with Crippen LogP contribution in [0.5, 0.6) is 11.5 Å². The first-order valence-electron chi connectivity index (χ1n) is 13.4. The molecule has 7 rings (SSSR count). The molecule has 41 heavy (non-hydrogen) atoms. The lowest BCUT2D eigenvalue weighted by Crippen LogP contribution is -2.41. The van der Waals surface area contributed by atoms with Gasteiger partial charge in [0, 0.05) is 19.3 Å². The van der Waals surface area contributed by atoms with Crippen LogP contribution in [-0.2, 0) is 6.61 Å². The maximum atomic E-state index is 13.7. The molecule has 0 spiro atoms. The number of aromatic nitrogens is 5. The van der Waals surface area contributed by atoms with Crippen molar-refractivity contribution in [3.8, 4) is 17.2 Å². The van der Waals surface area contributed by atoms with Crippen LogP contribution in [0.2, 0.25) is 0 Å². The van der Waals surface area contributed by atoms with E-state index in [2.05, 4.69) is 25.4 Å². The van der Waals surface area contributed by atoms with Crippen molar-refractivity contribution in [2.45, 2.75) is 12.7 Å². The lowest BCUT2D eigenvalue weighted by molar-refractivity contribution is 0.208. The number of hydrogen-bond donors (Lipinski definition) is 2. The summed E-state index contributed by atoms with van der Waals surface area (Å²) in [7, 11) is 2.05. The molecule has 0 bridgehead atoms. The summed E-state index contributed by atoms with van der Waals surface area (Å²) in [4.78, 5) is 25.2. The molecule has 0 radical (unpaired) electrons. The minimum Gasteiger partial charge on any atom is -0.489 e. The Kier molecular flexibility index (Phi) is 6.19. The number of pyridine rings is 1. The van der Waals surface area contributed by atoms with Crippen LogP contribution in [0.4, 0.5) is 11.6 Å². The average Bonchev–Trinajstić information content (AvgIpc) is 3.51. The molecule has 1 atom stereocenters. The van der Waals surface area contributed by atoms with Crippen molar-refractivity contribution < 1.29 is 9.47 Å².